The van der Waals surface area contributed by atoms with Crippen molar-refractivity contribution in [2.45, 2.75) is 24.5 Å². The van der Waals surface area contributed by atoms with Gasteiger partial charge in [0.1, 0.15) is 5.50 Å². The average molecular weight is 381 g/mol. The summed E-state index contributed by atoms with van der Waals surface area (Å²) in [6, 6.07) is 4.08. The van der Waals surface area contributed by atoms with Crippen LogP contribution in [-0.4, -0.2) is 63.7 Å². The summed E-state index contributed by atoms with van der Waals surface area (Å²) in [6.45, 7) is 5.24. The second-order valence-electron chi connectivity index (χ2n) is 5.86. The number of ether oxygens (including phenoxy) is 1. The number of amides is 3. The van der Waals surface area contributed by atoms with E-state index in [2.05, 4.69) is 11.3 Å². The van der Waals surface area contributed by atoms with Crippen LogP contribution >= 0.6 is 11.6 Å². The molecule has 3 amide bonds. The van der Waals surface area contributed by atoms with Crippen molar-refractivity contribution >= 4 is 35.3 Å². The van der Waals surface area contributed by atoms with Crippen LogP contribution in [-0.2, 0) is 14.3 Å². The van der Waals surface area contributed by atoms with Crippen molar-refractivity contribution in [2.24, 2.45) is 0 Å². The molecule has 0 bridgehead atoms. The number of methoxy groups -OCH3 is 1. The molecule has 1 saturated heterocycles. The van der Waals surface area contributed by atoms with Gasteiger partial charge < -0.3 is 15.1 Å². The number of carbonyl (C=O) groups is 4. The van der Waals surface area contributed by atoms with Gasteiger partial charge in [0.15, 0.2) is 12.1 Å². The highest BCUT2D eigenvalue weighted by Crippen LogP contribution is 2.36. The topological polar surface area (TPSA) is 115 Å². The molecule has 2 N–H and O–H groups in total. The first kappa shape index (κ1) is 19.6. The van der Waals surface area contributed by atoms with E-state index in [1.165, 1.54) is 19.2 Å². The van der Waals surface area contributed by atoms with Crippen LogP contribution in [0.25, 0.3) is 0 Å². The summed E-state index contributed by atoms with van der Waals surface area (Å²) < 4.78 is 4.68. The summed E-state index contributed by atoms with van der Waals surface area (Å²) in [6.07, 6.45) is 0. The predicted octanol–water partition coefficient (Wildman–Crippen LogP) is 0.351. The molecule has 1 unspecified atom stereocenters. The fraction of sp³-hybridized carbons (Fsp3) is 0.294. The molecule has 9 heteroatoms. The molecule has 2 aliphatic rings. The molecule has 1 aromatic carbocycles. The normalized spacial score (nSPS) is 22.3. The van der Waals surface area contributed by atoms with Crippen molar-refractivity contribution in [1.82, 2.24) is 9.80 Å². The molecule has 0 radical (unpaired) electrons. The van der Waals surface area contributed by atoms with Crippen LogP contribution in [0, 0.1) is 0 Å². The molecule has 0 saturated carbocycles. The highest BCUT2D eigenvalue weighted by atomic mass is 35.5. The van der Waals surface area contributed by atoms with Crippen molar-refractivity contribution in [3.8, 4) is 0 Å². The number of benzene rings is 1. The maximum atomic E-state index is 12.6. The highest BCUT2D eigenvalue weighted by molar-refractivity contribution is 6.30. The van der Waals surface area contributed by atoms with Gasteiger partial charge in [-0.1, -0.05) is 30.3 Å². The van der Waals surface area contributed by atoms with Crippen LogP contribution in [0.4, 0.5) is 0 Å². The number of imide groups is 1. The van der Waals surface area contributed by atoms with Crippen LogP contribution < -0.4 is 0 Å². The first-order chi connectivity index (χ1) is 11.8. The zero-order valence-corrected chi connectivity index (χ0v) is 14.8. The van der Waals surface area contributed by atoms with Crippen molar-refractivity contribution in [2.75, 3.05) is 7.11 Å². The molecule has 0 aromatic heterocycles. The zero-order valence-electron chi connectivity index (χ0n) is 14.1. The first-order valence-corrected chi connectivity index (χ1v) is 7.91. The quantitative estimate of drug-likeness (QED) is 0.187. The summed E-state index contributed by atoms with van der Waals surface area (Å²) in [7, 11) is 1.19. The Hall–Kier alpha value is -2.71. The molecular formula is C17H17ClN2O6. The summed E-state index contributed by atoms with van der Waals surface area (Å²) >= 11 is 6.28. The smallest absolute Gasteiger partial charge is 0.332 e. The van der Waals surface area contributed by atoms with Crippen LogP contribution in [0.2, 0.25) is 0 Å². The van der Waals surface area contributed by atoms with Gasteiger partial charge in [-0.2, -0.15) is 0 Å². The number of rotatable bonds is 4. The van der Waals surface area contributed by atoms with Crippen molar-refractivity contribution in [3.63, 3.8) is 0 Å². The Bertz CT molecular complexity index is 788. The highest BCUT2D eigenvalue weighted by Gasteiger charge is 2.58. The first-order valence-electron chi connectivity index (χ1n) is 7.47. The number of hydrogen-bond acceptors (Lipinski definition) is 5. The summed E-state index contributed by atoms with van der Waals surface area (Å²) in [5.74, 6) is -2.44. The molecule has 2 aliphatic heterocycles. The average Bonchev–Trinajstić information content (AvgIpc) is 2.84. The van der Waals surface area contributed by atoms with Gasteiger partial charge in [-0.05, 0) is 24.6 Å². The number of likely N-dealkylation sites (tertiary alicyclic amines) is 1. The van der Waals surface area contributed by atoms with E-state index in [9.17, 15) is 19.2 Å². The molecule has 0 aliphatic carbocycles. The Kier molecular flexibility index (Phi) is 5.20. The molecule has 0 spiro atoms. The fourth-order valence-corrected chi connectivity index (χ4v) is 3.52. The van der Waals surface area contributed by atoms with E-state index in [4.69, 9.17) is 11.6 Å². The number of esters is 1. The number of fused-ring (bicyclic) bond motifs is 1. The second kappa shape index (κ2) is 6.89. The third-order valence-electron chi connectivity index (χ3n) is 4.31. The van der Waals surface area contributed by atoms with Crippen molar-refractivity contribution < 1.29 is 29.4 Å². The number of alkyl halides is 1. The van der Waals surface area contributed by atoms with Gasteiger partial charge in [0.25, 0.3) is 17.7 Å². The maximum Gasteiger partial charge on any atom is 0.332 e. The number of halogens is 1. The van der Waals surface area contributed by atoms with Crippen LogP contribution in [0.15, 0.2) is 36.4 Å². The predicted molar refractivity (Wildman–Crippen MR) is 91.4 cm³/mol. The Morgan fingerprint density at radius 3 is 2.08 bits per heavy atom. The van der Waals surface area contributed by atoms with E-state index in [0.29, 0.717) is 5.57 Å². The molecule has 26 heavy (non-hydrogen) atoms. The Balaban J connectivity index is 0.00000243. The van der Waals surface area contributed by atoms with Gasteiger partial charge in [-0.15, -0.1) is 0 Å². The summed E-state index contributed by atoms with van der Waals surface area (Å²) in [4.78, 5) is 51.5. The van der Waals surface area contributed by atoms with Gasteiger partial charge in [0, 0.05) is 0 Å². The van der Waals surface area contributed by atoms with Gasteiger partial charge in [-0.25, -0.2) is 4.79 Å². The minimum absolute atomic E-state index is 0. The minimum Gasteiger partial charge on any atom is -0.467 e. The number of hydrogen-bond donors (Lipinski definition) is 0. The lowest BCUT2D eigenvalue weighted by Crippen LogP contribution is -2.73. The van der Waals surface area contributed by atoms with Gasteiger partial charge in [-0.3, -0.25) is 19.3 Å². The third-order valence-corrected chi connectivity index (χ3v) is 4.76. The molecule has 8 nitrogen and oxygen atoms in total. The Labute approximate surface area is 154 Å². The lowest BCUT2D eigenvalue weighted by Gasteiger charge is -2.49. The lowest BCUT2D eigenvalue weighted by atomic mass is 9.98. The Morgan fingerprint density at radius 1 is 1.19 bits per heavy atom. The molecule has 3 atom stereocenters. The molecule has 3 rings (SSSR count). The molecular weight excluding hydrogens is 364 g/mol. The molecule has 138 valence electrons. The fourth-order valence-electron chi connectivity index (χ4n) is 3.09. The summed E-state index contributed by atoms with van der Waals surface area (Å²) in [5.41, 5.74) is -0.221. The lowest BCUT2D eigenvalue weighted by molar-refractivity contribution is -0.163. The monoisotopic (exact) mass is 380 g/mol. The van der Waals surface area contributed by atoms with E-state index < -0.39 is 41.3 Å². The van der Waals surface area contributed by atoms with E-state index >= 15 is 0 Å². The largest absolute Gasteiger partial charge is 0.467 e. The molecule has 1 aromatic rings. The van der Waals surface area contributed by atoms with Crippen molar-refractivity contribution in [3.05, 3.63) is 47.5 Å². The van der Waals surface area contributed by atoms with Crippen LogP contribution in [0.1, 0.15) is 27.6 Å². The van der Waals surface area contributed by atoms with Crippen LogP contribution in [0.5, 0.6) is 0 Å². The molecule has 1 fully saturated rings. The maximum absolute atomic E-state index is 12.6. The Morgan fingerprint density at radius 2 is 1.69 bits per heavy atom. The van der Waals surface area contributed by atoms with E-state index in [0.717, 1.165) is 9.80 Å². The van der Waals surface area contributed by atoms with E-state index in [1.54, 1.807) is 19.1 Å². The number of carbonyl (C=O) groups excluding carboxylic acids is 4. The number of β-lactam (4-membered cyclic amide) rings is 1. The van der Waals surface area contributed by atoms with Crippen LogP contribution in [0.3, 0.4) is 0 Å². The zero-order chi connectivity index (χ0) is 18.5. The molecule has 2 heterocycles. The second-order valence-corrected chi connectivity index (χ2v) is 6.31. The SMILES string of the molecule is C=C(C)C(C(=O)OC)N1C(=O)[C@H](N2C(=O)c3ccccc3C2=O)[C@H]1Cl.O. The van der Waals surface area contributed by atoms with Gasteiger partial charge >= 0.3 is 5.97 Å². The standard InChI is InChI=1S/C17H15ClN2O5.H2O/c1-8(2)11(17(24)25-3)19-13(18)12(16(19)23)20-14(21)9-6-4-5-7-10(9)15(20)22;/h4-7,11-13H,1H2,2-3H3;1H2/t11?,12-,13+;/m1./s1. The third kappa shape index (κ3) is 2.58. The van der Waals surface area contributed by atoms with E-state index in [1.807, 2.05) is 0 Å². The van der Waals surface area contributed by atoms with Gasteiger partial charge in [0.2, 0.25) is 0 Å². The van der Waals surface area contributed by atoms with Crippen molar-refractivity contribution in [1.29, 1.82) is 0 Å². The van der Waals surface area contributed by atoms with E-state index in [-0.39, 0.29) is 16.6 Å². The minimum atomic E-state index is -1.17. The number of nitrogens with zero attached hydrogens (tertiary/aromatic N) is 2. The van der Waals surface area contributed by atoms with Gasteiger partial charge in [0.05, 0.1) is 18.2 Å². The summed E-state index contributed by atoms with van der Waals surface area (Å²) in [5, 5.41) is 0.